The van der Waals surface area contributed by atoms with Gasteiger partial charge in [0.25, 0.3) is 10.0 Å². The minimum atomic E-state index is -3.73. The van der Waals surface area contributed by atoms with Gasteiger partial charge in [-0.3, -0.25) is 9.52 Å². The zero-order chi connectivity index (χ0) is 25.3. The van der Waals surface area contributed by atoms with E-state index in [4.69, 9.17) is 11.6 Å². The second-order valence-electron chi connectivity index (χ2n) is 9.00. The van der Waals surface area contributed by atoms with Gasteiger partial charge in [-0.2, -0.15) is 0 Å². The Balaban J connectivity index is 1.23. The summed E-state index contributed by atoms with van der Waals surface area (Å²) in [6, 6.07) is 12.5. The van der Waals surface area contributed by atoms with Crippen LogP contribution in [0.5, 0.6) is 0 Å². The van der Waals surface area contributed by atoms with Gasteiger partial charge in [0.1, 0.15) is 6.04 Å². The quantitative estimate of drug-likeness (QED) is 0.502. The minimum Gasteiger partial charge on any atom is -0.368 e. The molecule has 0 aliphatic carbocycles. The molecule has 190 valence electrons. The molecule has 5 rings (SSSR count). The molecule has 0 saturated carbocycles. The highest BCUT2D eigenvalue weighted by Crippen LogP contribution is 2.31. The number of hydrogen-bond acceptors (Lipinski definition) is 7. The van der Waals surface area contributed by atoms with E-state index in [1.165, 1.54) is 16.9 Å². The monoisotopic (exact) mass is 545 g/mol. The summed E-state index contributed by atoms with van der Waals surface area (Å²) in [5.41, 5.74) is 3.10. The second kappa shape index (κ2) is 10.3. The molecule has 1 aromatic heterocycles. The standard InChI is InChI=1S/C25H28ClN5O3S2/c1-18(31-10-3-4-19-16-20(26)7-8-23(19)31)24(32)30-13-11-29(12-14-30)21-5-2-6-22(17-21)36(33,34)28-25-27-9-15-35-25/h2,5-9,15-18H,3-4,10-14H2,1H3,(H,27,28)/t18-/m0/s1. The summed E-state index contributed by atoms with van der Waals surface area (Å²) in [5, 5.41) is 2.78. The molecule has 0 bridgehead atoms. The highest BCUT2D eigenvalue weighted by molar-refractivity contribution is 7.93. The predicted octanol–water partition coefficient (Wildman–Crippen LogP) is 4.09. The van der Waals surface area contributed by atoms with E-state index in [0.717, 1.165) is 35.8 Å². The topological polar surface area (TPSA) is 85.8 Å². The molecule has 0 unspecified atom stereocenters. The summed E-state index contributed by atoms with van der Waals surface area (Å²) in [4.78, 5) is 23.8. The van der Waals surface area contributed by atoms with E-state index in [1.807, 2.05) is 36.1 Å². The summed E-state index contributed by atoms with van der Waals surface area (Å²) in [6.45, 7) is 5.25. The number of carbonyl (C=O) groups excluding carboxylic acids is 1. The third-order valence-electron chi connectivity index (χ3n) is 6.76. The molecule has 1 atom stereocenters. The van der Waals surface area contributed by atoms with E-state index in [9.17, 15) is 13.2 Å². The van der Waals surface area contributed by atoms with Crippen LogP contribution in [0.1, 0.15) is 18.9 Å². The number of hydrogen-bond donors (Lipinski definition) is 1. The Morgan fingerprint density at radius 3 is 2.67 bits per heavy atom. The molecule has 1 saturated heterocycles. The average molecular weight is 546 g/mol. The predicted molar refractivity (Wildman–Crippen MR) is 145 cm³/mol. The lowest BCUT2D eigenvalue weighted by atomic mass is 10.00. The maximum absolute atomic E-state index is 13.4. The largest absolute Gasteiger partial charge is 0.368 e. The van der Waals surface area contributed by atoms with Crippen molar-refractivity contribution < 1.29 is 13.2 Å². The minimum absolute atomic E-state index is 0.112. The van der Waals surface area contributed by atoms with E-state index in [2.05, 4.69) is 19.5 Å². The number of piperazine rings is 1. The highest BCUT2D eigenvalue weighted by Gasteiger charge is 2.31. The second-order valence-corrected chi connectivity index (χ2v) is 12.0. The number of benzene rings is 2. The van der Waals surface area contributed by atoms with Crippen molar-refractivity contribution in [3.63, 3.8) is 0 Å². The van der Waals surface area contributed by atoms with Crippen molar-refractivity contribution >= 4 is 55.4 Å². The number of anilines is 3. The smallest absolute Gasteiger partial charge is 0.263 e. The van der Waals surface area contributed by atoms with Crippen LogP contribution in [0.15, 0.2) is 58.9 Å². The van der Waals surface area contributed by atoms with Crippen molar-refractivity contribution in [3.05, 3.63) is 64.6 Å². The van der Waals surface area contributed by atoms with Gasteiger partial charge in [0.15, 0.2) is 5.13 Å². The van der Waals surface area contributed by atoms with Crippen LogP contribution >= 0.6 is 22.9 Å². The average Bonchev–Trinajstić information content (AvgIpc) is 3.40. The van der Waals surface area contributed by atoms with Gasteiger partial charge in [0.05, 0.1) is 4.90 Å². The lowest BCUT2D eigenvalue weighted by Crippen LogP contribution is -2.55. The number of nitrogens with one attached hydrogen (secondary N) is 1. The van der Waals surface area contributed by atoms with Crippen molar-refractivity contribution in [2.24, 2.45) is 0 Å². The van der Waals surface area contributed by atoms with E-state index in [1.54, 1.807) is 29.8 Å². The Hall–Kier alpha value is -2.82. The molecule has 11 heteroatoms. The van der Waals surface area contributed by atoms with Crippen LogP contribution in [0, 0.1) is 0 Å². The van der Waals surface area contributed by atoms with Crippen molar-refractivity contribution in [1.82, 2.24) is 9.88 Å². The summed E-state index contributed by atoms with van der Waals surface area (Å²) >= 11 is 7.41. The van der Waals surface area contributed by atoms with E-state index in [0.29, 0.717) is 31.3 Å². The number of sulfonamides is 1. The van der Waals surface area contributed by atoms with Crippen LogP contribution < -0.4 is 14.5 Å². The molecule has 1 amide bonds. The van der Waals surface area contributed by atoms with Crippen molar-refractivity contribution in [2.75, 3.05) is 47.2 Å². The summed E-state index contributed by atoms with van der Waals surface area (Å²) in [5.74, 6) is 0.112. The third-order valence-corrected chi connectivity index (χ3v) is 9.15. The summed E-state index contributed by atoms with van der Waals surface area (Å²) in [7, 11) is -3.73. The molecule has 3 heterocycles. The zero-order valence-electron chi connectivity index (χ0n) is 19.9. The lowest BCUT2D eigenvalue weighted by Gasteiger charge is -2.41. The number of fused-ring (bicyclic) bond motifs is 1. The van der Waals surface area contributed by atoms with Gasteiger partial charge in [-0.15, -0.1) is 11.3 Å². The zero-order valence-corrected chi connectivity index (χ0v) is 22.3. The third kappa shape index (κ3) is 5.16. The molecule has 8 nitrogen and oxygen atoms in total. The Morgan fingerprint density at radius 1 is 1.11 bits per heavy atom. The first kappa shape index (κ1) is 24.9. The number of amides is 1. The molecular formula is C25H28ClN5O3S2. The molecule has 1 fully saturated rings. The molecule has 36 heavy (non-hydrogen) atoms. The van der Waals surface area contributed by atoms with Gasteiger partial charge in [-0.05, 0) is 61.7 Å². The van der Waals surface area contributed by atoms with E-state index in [-0.39, 0.29) is 16.8 Å². The van der Waals surface area contributed by atoms with Crippen LogP contribution in [0.3, 0.4) is 0 Å². The fourth-order valence-corrected chi connectivity index (χ4v) is 6.90. The number of thiazole rings is 1. The van der Waals surface area contributed by atoms with E-state index < -0.39 is 10.0 Å². The molecule has 0 spiro atoms. The first-order chi connectivity index (χ1) is 17.3. The summed E-state index contributed by atoms with van der Waals surface area (Å²) < 4.78 is 28.1. The van der Waals surface area contributed by atoms with Gasteiger partial charge in [0, 0.05) is 60.7 Å². The van der Waals surface area contributed by atoms with Crippen LogP contribution in [-0.4, -0.2) is 63.0 Å². The highest BCUT2D eigenvalue weighted by atomic mass is 35.5. The Labute approximate surface area is 220 Å². The molecule has 2 aliphatic rings. The Bertz CT molecular complexity index is 1340. The Kier molecular flexibility index (Phi) is 7.09. The van der Waals surface area contributed by atoms with Gasteiger partial charge in [0.2, 0.25) is 5.91 Å². The van der Waals surface area contributed by atoms with Gasteiger partial charge in [-0.25, -0.2) is 13.4 Å². The van der Waals surface area contributed by atoms with Crippen LogP contribution in [0.2, 0.25) is 5.02 Å². The maximum atomic E-state index is 13.4. The number of rotatable bonds is 6. The first-order valence-corrected chi connectivity index (χ1v) is 14.7. The van der Waals surface area contributed by atoms with Crippen molar-refractivity contribution in [1.29, 1.82) is 0 Å². The van der Waals surface area contributed by atoms with Crippen molar-refractivity contribution in [2.45, 2.75) is 30.7 Å². The van der Waals surface area contributed by atoms with Gasteiger partial charge < -0.3 is 14.7 Å². The fraction of sp³-hybridized carbons (Fsp3) is 0.360. The molecule has 2 aliphatic heterocycles. The lowest BCUT2D eigenvalue weighted by molar-refractivity contribution is -0.132. The number of halogens is 1. The number of nitrogens with zero attached hydrogens (tertiary/aromatic N) is 4. The van der Waals surface area contributed by atoms with Gasteiger partial charge in [-0.1, -0.05) is 17.7 Å². The molecular weight excluding hydrogens is 518 g/mol. The molecule has 2 aromatic carbocycles. The summed E-state index contributed by atoms with van der Waals surface area (Å²) in [6.07, 6.45) is 3.52. The molecule has 3 aromatic rings. The van der Waals surface area contributed by atoms with Crippen molar-refractivity contribution in [3.8, 4) is 0 Å². The normalized spacial score (nSPS) is 17.0. The Morgan fingerprint density at radius 2 is 1.92 bits per heavy atom. The number of carbonyl (C=O) groups is 1. The molecule has 0 radical (unpaired) electrons. The molecule has 1 N–H and O–H groups in total. The van der Waals surface area contributed by atoms with E-state index >= 15 is 0 Å². The SMILES string of the molecule is C[C@@H](C(=O)N1CCN(c2cccc(S(=O)(=O)Nc3nccs3)c2)CC1)N1CCCc2cc(Cl)ccc21. The number of aromatic nitrogens is 1. The van der Waals surface area contributed by atoms with Crippen LogP contribution in [-0.2, 0) is 21.2 Å². The maximum Gasteiger partial charge on any atom is 0.263 e. The number of aryl methyl sites for hydroxylation is 1. The van der Waals surface area contributed by atoms with Crippen LogP contribution in [0.4, 0.5) is 16.5 Å². The fourth-order valence-electron chi connectivity index (χ4n) is 4.87. The van der Waals surface area contributed by atoms with Gasteiger partial charge >= 0.3 is 0 Å². The van der Waals surface area contributed by atoms with Crippen LogP contribution in [0.25, 0.3) is 0 Å². The first-order valence-electron chi connectivity index (χ1n) is 11.9.